The largest absolute Gasteiger partial charge is 0.550 e. The maximum atomic E-state index is 13.5. The van der Waals surface area contributed by atoms with Gasteiger partial charge in [0.05, 0.1) is 0 Å². The quantitative estimate of drug-likeness (QED) is 0.397. The van der Waals surface area contributed by atoms with Gasteiger partial charge in [-0.2, -0.15) is 0 Å². The third-order valence-electron chi connectivity index (χ3n) is 11.0. The van der Waals surface area contributed by atoms with Crippen molar-refractivity contribution < 1.29 is 19.8 Å². The molecule has 0 aromatic rings. The van der Waals surface area contributed by atoms with E-state index >= 15 is 0 Å². The predicted octanol–water partition coefficient (Wildman–Crippen LogP) is 3.71. The second-order valence-electron chi connectivity index (χ2n) is 13.6. The highest BCUT2D eigenvalue weighted by molar-refractivity contribution is 5.74. The van der Waals surface area contributed by atoms with E-state index in [9.17, 15) is 19.8 Å². The first kappa shape index (κ1) is 31.1. The molecule has 210 valence electrons. The number of carboxylic acids is 2. The number of hydrogen-bond acceptors (Lipinski definition) is 6. The summed E-state index contributed by atoms with van der Waals surface area (Å²) in [5.74, 6) is -1.27. The molecule has 0 radical (unpaired) electrons. The van der Waals surface area contributed by atoms with Crippen LogP contribution in [0.1, 0.15) is 113 Å². The molecule has 0 amide bonds. The Morgan fingerprint density at radius 2 is 1.14 bits per heavy atom. The Kier molecular flexibility index (Phi) is 10.1. The van der Waals surface area contributed by atoms with Crippen LogP contribution in [-0.4, -0.2) is 59.0 Å². The summed E-state index contributed by atoms with van der Waals surface area (Å²) in [7, 11) is 4.35. The van der Waals surface area contributed by atoms with E-state index in [0.717, 1.165) is 38.5 Å². The van der Waals surface area contributed by atoms with Gasteiger partial charge < -0.3 is 19.8 Å². The second-order valence-corrected chi connectivity index (χ2v) is 13.6. The van der Waals surface area contributed by atoms with Gasteiger partial charge in [0.15, 0.2) is 0 Å². The number of unbranched alkanes of at least 4 members (excludes halogenated alkanes) is 4. The molecule has 2 fully saturated rings. The molecule has 0 saturated carbocycles. The summed E-state index contributed by atoms with van der Waals surface area (Å²) < 4.78 is 0. The van der Waals surface area contributed by atoms with Crippen molar-refractivity contribution in [2.45, 2.75) is 136 Å². The number of nitrogens with zero attached hydrogens (tertiary/aromatic N) is 2. The SMILES string of the molecule is CC1C(C)N(C)C(C)(C)CC1C(CCCCCCCC(=O)[O-])(C(=O)[O-])C1CC(C)(C)N(C)C(C)C1C. The van der Waals surface area contributed by atoms with E-state index in [1.165, 1.54) is 0 Å². The van der Waals surface area contributed by atoms with Gasteiger partial charge in [-0.15, -0.1) is 0 Å². The Morgan fingerprint density at radius 3 is 1.53 bits per heavy atom. The number of carbonyl (C=O) groups is 2. The first-order chi connectivity index (χ1) is 16.5. The summed E-state index contributed by atoms with van der Waals surface area (Å²) in [6, 6.07) is 0.572. The standard InChI is InChI=1S/C30H56N2O4/c1-20-22(3)31(9)28(5,6)18-24(20)30(27(35)36,17-15-13-11-12-14-16-26(33)34)25-19-29(7,8)32(10)23(4)21(25)2/h20-25H,11-19H2,1-10H3,(H,33,34)(H,35,36)/p-2. The summed E-state index contributed by atoms with van der Waals surface area (Å²) in [5.41, 5.74) is -1.06. The molecule has 0 spiro atoms. The summed E-state index contributed by atoms with van der Waals surface area (Å²) >= 11 is 0. The number of carboxylic acid groups (broad SMARTS) is 2. The Bertz CT molecular complexity index is 724. The number of aliphatic carboxylic acids is 2. The van der Waals surface area contributed by atoms with Crippen LogP contribution in [0.5, 0.6) is 0 Å². The Hall–Kier alpha value is -1.14. The normalized spacial score (nSPS) is 34.7. The van der Waals surface area contributed by atoms with E-state index in [1.807, 2.05) is 0 Å². The molecular formula is C30H54N2O4-2. The molecule has 2 aliphatic rings. The molecule has 6 atom stereocenters. The fourth-order valence-electron chi connectivity index (χ4n) is 7.79. The van der Waals surface area contributed by atoms with E-state index in [1.54, 1.807) is 0 Å². The average molecular weight is 507 g/mol. The number of rotatable bonds is 11. The number of piperidine rings is 2. The number of hydrogen-bond donors (Lipinski definition) is 0. The van der Waals surface area contributed by atoms with Crippen LogP contribution in [-0.2, 0) is 9.59 Å². The van der Waals surface area contributed by atoms with Crippen LogP contribution in [0, 0.1) is 29.1 Å². The highest BCUT2D eigenvalue weighted by atomic mass is 16.4. The highest BCUT2D eigenvalue weighted by Gasteiger charge is 2.58. The number of likely N-dealkylation sites (tertiary alicyclic amines) is 2. The molecular weight excluding hydrogens is 452 g/mol. The topological polar surface area (TPSA) is 86.7 Å². The lowest BCUT2D eigenvalue weighted by atomic mass is 9.50. The van der Waals surface area contributed by atoms with Crippen LogP contribution in [0.25, 0.3) is 0 Å². The van der Waals surface area contributed by atoms with E-state index in [4.69, 9.17) is 0 Å². The first-order valence-corrected chi connectivity index (χ1v) is 14.4. The zero-order chi connectivity index (χ0) is 27.6. The van der Waals surface area contributed by atoms with Gasteiger partial charge in [0.2, 0.25) is 0 Å². The van der Waals surface area contributed by atoms with Gasteiger partial charge in [-0.1, -0.05) is 39.5 Å². The van der Waals surface area contributed by atoms with Crippen LogP contribution in [0.4, 0.5) is 0 Å². The van der Waals surface area contributed by atoms with E-state index < -0.39 is 17.4 Å². The van der Waals surface area contributed by atoms with Crippen LogP contribution >= 0.6 is 0 Å². The Morgan fingerprint density at radius 1 is 0.750 bits per heavy atom. The molecule has 2 heterocycles. The Labute approximate surface area is 221 Å². The lowest BCUT2D eigenvalue weighted by Gasteiger charge is -2.63. The predicted molar refractivity (Wildman–Crippen MR) is 142 cm³/mol. The third kappa shape index (κ3) is 6.11. The van der Waals surface area contributed by atoms with Crippen LogP contribution in [0.3, 0.4) is 0 Å². The molecule has 0 aromatic heterocycles. The molecule has 0 N–H and O–H groups in total. The van der Waals surface area contributed by atoms with Crippen LogP contribution in [0.15, 0.2) is 0 Å². The maximum absolute atomic E-state index is 13.5. The molecule has 0 bridgehead atoms. The Balaban J connectivity index is 2.45. The van der Waals surface area contributed by atoms with Gasteiger partial charge >= 0.3 is 0 Å². The van der Waals surface area contributed by atoms with Gasteiger partial charge in [0, 0.05) is 40.5 Å². The lowest BCUT2D eigenvalue weighted by Crippen LogP contribution is -2.67. The van der Waals surface area contributed by atoms with Crippen molar-refractivity contribution in [3.63, 3.8) is 0 Å². The minimum atomic E-state index is -0.994. The molecule has 0 aliphatic carbocycles. The molecule has 2 aliphatic heterocycles. The van der Waals surface area contributed by atoms with Crippen molar-refractivity contribution in [3.05, 3.63) is 0 Å². The van der Waals surface area contributed by atoms with Crippen molar-refractivity contribution in [3.8, 4) is 0 Å². The first-order valence-electron chi connectivity index (χ1n) is 14.4. The minimum absolute atomic E-state index is 0.0423. The van der Waals surface area contributed by atoms with Crippen molar-refractivity contribution in [2.75, 3.05) is 14.1 Å². The van der Waals surface area contributed by atoms with Crippen molar-refractivity contribution >= 4 is 11.9 Å². The van der Waals surface area contributed by atoms with Crippen LogP contribution < -0.4 is 10.2 Å². The summed E-state index contributed by atoms with van der Waals surface area (Å²) in [6.07, 6.45) is 6.58. The molecule has 6 unspecified atom stereocenters. The summed E-state index contributed by atoms with van der Waals surface area (Å²) in [6.45, 7) is 18.0. The fraction of sp³-hybridized carbons (Fsp3) is 0.933. The highest BCUT2D eigenvalue weighted by Crippen LogP contribution is 2.58. The van der Waals surface area contributed by atoms with Crippen LogP contribution in [0.2, 0.25) is 0 Å². The zero-order valence-electron chi connectivity index (χ0n) is 24.9. The fourth-order valence-corrected chi connectivity index (χ4v) is 7.79. The van der Waals surface area contributed by atoms with E-state index in [0.29, 0.717) is 12.8 Å². The van der Waals surface area contributed by atoms with Crippen molar-refractivity contribution in [1.29, 1.82) is 0 Å². The van der Waals surface area contributed by atoms with E-state index in [-0.39, 0.29) is 53.3 Å². The minimum Gasteiger partial charge on any atom is -0.550 e. The molecule has 2 saturated heterocycles. The van der Waals surface area contributed by atoms with Crippen molar-refractivity contribution in [2.24, 2.45) is 29.1 Å². The van der Waals surface area contributed by atoms with Gasteiger partial charge in [-0.25, -0.2) is 0 Å². The molecule has 36 heavy (non-hydrogen) atoms. The van der Waals surface area contributed by atoms with Gasteiger partial charge in [-0.05, 0) is 111 Å². The summed E-state index contributed by atoms with van der Waals surface area (Å²) in [4.78, 5) is 29.1. The zero-order valence-corrected chi connectivity index (χ0v) is 24.9. The monoisotopic (exact) mass is 506 g/mol. The summed E-state index contributed by atoms with van der Waals surface area (Å²) in [5, 5.41) is 24.3. The molecule has 2 rings (SSSR count). The molecule has 6 nitrogen and oxygen atoms in total. The molecule has 0 aromatic carbocycles. The van der Waals surface area contributed by atoms with Gasteiger partial charge in [-0.3, -0.25) is 9.80 Å². The third-order valence-corrected chi connectivity index (χ3v) is 11.0. The smallest absolute Gasteiger partial charge is 0.0482 e. The van der Waals surface area contributed by atoms with Gasteiger partial charge in [0.25, 0.3) is 0 Å². The van der Waals surface area contributed by atoms with E-state index in [2.05, 4.69) is 79.3 Å². The lowest BCUT2D eigenvalue weighted by molar-refractivity contribution is -0.332. The average Bonchev–Trinajstić information content (AvgIpc) is 2.78. The second kappa shape index (κ2) is 11.7. The maximum Gasteiger partial charge on any atom is 0.0482 e. The van der Waals surface area contributed by atoms with Gasteiger partial charge in [0.1, 0.15) is 0 Å². The number of carbonyl (C=O) groups excluding carboxylic acids is 2. The molecule has 6 heteroatoms. The van der Waals surface area contributed by atoms with Crippen molar-refractivity contribution in [1.82, 2.24) is 9.80 Å².